The zero-order valence-corrected chi connectivity index (χ0v) is 10.3. The maximum Gasteiger partial charge on any atom is 0.343 e. The van der Waals surface area contributed by atoms with Crippen LogP contribution in [0, 0.1) is 0 Å². The molecule has 0 aromatic heterocycles. The average molecular weight is 249 g/mol. The standard InChI is InChI=1S/C14H13ClO2/c1-2-5-12-9-11(14(16)17-12)8-10-6-3-4-7-13(10)15/h3-4,6-9H,2,5H2,1H3/b11-8+. The number of carbonyl (C=O) groups is 1. The van der Waals surface area contributed by atoms with Gasteiger partial charge in [0.2, 0.25) is 0 Å². The number of carbonyl (C=O) groups excluding carboxylic acids is 1. The van der Waals surface area contributed by atoms with E-state index in [4.69, 9.17) is 16.3 Å². The zero-order valence-electron chi connectivity index (χ0n) is 9.57. The first-order chi connectivity index (χ1) is 8.20. The lowest BCUT2D eigenvalue weighted by Crippen LogP contribution is -1.97. The van der Waals surface area contributed by atoms with E-state index in [0.29, 0.717) is 10.6 Å². The van der Waals surface area contributed by atoms with Crippen molar-refractivity contribution < 1.29 is 9.53 Å². The molecule has 1 aliphatic heterocycles. The van der Waals surface area contributed by atoms with E-state index in [-0.39, 0.29) is 5.97 Å². The minimum atomic E-state index is -0.298. The summed E-state index contributed by atoms with van der Waals surface area (Å²) in [6.45, 7) is 2.05. The summed E-state index contributed by atoms with van der Waals surface area (Å²) in [5, 5.41) is 0.630. The molecule has 1 aromatic carbocycles. The molecule has 2 nitrogen and oxygen atoms in total. The molecular formula is C14H13ClO2. The van der Waals surface area contributed by atoms with E-state index in [0.717, 1.165) is 24.2 Å². The maximum absolute atomic E-state index is 11.6. The van der Waals surface area contributed by atoms with Crippen LogP contribution in [0.5, 0.6) is 0 Å². The van der Waals surface area contributed by atoms with E-state index in [2.05, 4.69) is 0 Å². The van der Waals surface area contributed by atoms with Gasteiger partial charge in [-0.1, -0.05) is 36.7 Å². The monoisotopic (exact) mass is 248 g/mol. The molecule has 0 bridgehead atoms. The van der Waals surface area contributed by atoms with E-state index in [1.807, 2.05) is 25.1 Å². The number of halogens is 1. The molecule has 0 aliphatic carbocycles. The molecule has 1 aromatic rings. The number of ether oxygens (including phenoxy) is 1. The first kappa shape index (κ1) is 11.9. The van der Waals surface area contributed by atoms with Crippen LogP contribution in [0.4, 0.5) is 0 Å². The Labute approximate surface area is 106 Å². The second-order valence-corrected chi connectivity index (χ2v) is 4.28. The molecule has 1 heterocycles. The van der Waals surface area contributed by atoms with E-state index in [1.165, 1.54) is 0 Å². The van der Waals surface area contributed by atoms with Gasteiger partial charge in [0.05, 0.1) is 5.57 Å². The summed E-state index contributed by atoms with van der Waals surface area (Å²) >= 11 is 6.03. The van der Waals surface area contributed by atoms with Crippen LogP contribution < -0.4 is 0 Å². The first-order valence-electron chi connectivity index (χ1n) is 5.59. The fourth-order valence-corrected chi connectivity index (χ4v) is 1.86. The molecule has 17 heavy (non-hydrogen) atoms. The SMILES string of the molecule is CCCC1=C/C(=C\c2ccccc2Cl)C(=O)O1. The smallest absolute Gasteiger partial charge is 0.343 e. The van der Waals surface area contributed by atoms with Crippen LogP contribution in [-0.2, 0) is 9.53 Å². The number of rotatable bonds is 3. The van der Waals surface area contributed by atoms with Gasteiger partial charge in [0.15, 0.2) is 0 Å². The van der Waals surface area contributed by atoms with Gasteiger partial charge in [-0.05, 0) is 30.2 Å². The number of hydrogen-bond acceptors (Lipinski definition) is 2. The molecule has 0 saturated carbocycles. The quantitative estimate of drug-likeness (QED) is 0.598. The normalized spacial score (nSPS) is 17.2. The van der Waals surface area contributed by atoms with Gasteiger partial charge in [-0.3, -0.25) is 0 Å². The Balaban J connectivity index is 2.28. The summed E-state index contributed by atoms with van der Waals surface area (Å²) in [5.41, 5.74) is 1.39. The second-order valence-electron chi connectivity index (χ2n) is 3.87. The van der Waals surface area contributed by atoms with Gasteiger partial charge < -0.3 is 4.74 Å². The Morgan fingerprint density at radius 3 is 2.82 bits per heavy atom. The number of cyclic esters (lactones) is 1. The molecule has 3 heteroatoms. The summed E-state index contributed by atoms with van der Waals surface area (Å²) in [5.74, 6) is 0.434. The summed E-state index contributed by atoms with van der Waals surface area (Å²) in [6, 6.07) is 7.41. The van der Waals surface area contributed by atoms with Crippen molar-refractivity contribution in [3.8, 4) is 0 Å². The molecule has 0 spiro atoms. The van der Waals surface area contributed by atoms with E-state index < -0.39 is 0 Å². The van der Waals surface area contributed by atoms with Crippen molar-refractivity contribution in [2.24, 2.45) is 0 Å². The van der Waals surface area contributed by atoms with Gasteiger partial charge in [-0.25, -0.2) is 4.79 Å². The highest BCUT2D eigenvalue weighted by atomic mass is 35.5. The van der Waals surface area contributed by atoms with E-state index >= 15 is 0 Å². The Kier molecular flexibility index (Phi) is 3.64. The fraction of sp³-hybridized carbons (Fsp3) is 0.214. The minimum absolute atomic E-state index is 0.298. The zero-order chi connectivity index (χ0) is 12.3. The van der Waals surface area contributed by atoms with Gasteiger partial charge in [0.1, 0.15) is 5.76 Å². The highest BCUT2D eigenvalue weighted by Crippen LogP contribution is 2.25. The summed E-state index contributed by atoms with van der Waals surface area (Å²) in [6.07, 6.45) is 5.28. The van der Waals surface area contributed by atoms with Crippen LogP contribution in [0.1, 0.15) is 25.3 Å². The lowest BCUT2D eigenvalue weighted by Gasteiger charge is -1.98. The van der Waals surface area contributed by atoms with Gasteiger partial charge in [-0.2, -0.15) is 0 Å². The largest absolute Gasteiger partial charge is 0.427 e. The molecule has 0 atom stereocenters. The Morgan fingerprint density at radius 2 is 2.12 bits per heavy atom. The van der Waals surface area contributed by atoms with Crippen LogP contribution in [-0.4, -0.2) is 5.97 Å². The third kappa shape index (κ3) is 2.77. The predicted molar refractivity (Wildman–Crippen MR) is 68.5 cm³/mol. The summed E-state index contributed by atoms with van der Waals surface area (Å²) in [4.78, 5) is 11.6. The van der Waals surface area contributed by atoms with E-state index in [1.54, 1.807) is 18.2 Å². The average Bonchev–Trinajstić information content (AvgIpc) is 2.63. The van der Waals surface area contributed by atoms with Crippen molar-refractivity contribution in [1.82, 2.24) is 0 Å². The van der Waals surface area contributed by atoms with Crippen LogP contribution in [0.3, 0.4) is 0 Å². The number of allylic oxidation sites excluding steroid dienone is 1. The van der Waals surface area contributed by atoms with Gasteiger partial charge in [0, 0.05) is 11.4 Å². The van der Waals surface area contributed by atoms with Crippen molar-refractivity contribution >= 4 is 23.6 Å². The second kappa shape index (κ2) is 5.19. The molecule has 2 rings (SSSR count). The molecular weight excluding hydrogens is 236 g/mol. The molecule has 0 saturated heterocycles. The molecule has 0 unspecified atom stereocenters. The van der Waals surface area contributed by atoms with Crippen LogP contribution in [0.25, 0.3) is 6.08 Å². The van der Waals surface area contributed by atoms with Crippen molar-refractivity contribution in [2.45, 2.75) is 19.8 Å². The van der Waals surface area contributed by atoms with Crippen molar-refractivity contribution in [1.29, 1.82) is 0 Å². The Bertz CT molecular complexity index is 501. The van der Waals surface area contributed by atoms with Crippen LogP contribution >= 0.6 is 11.6 Å². The summed E-state index contributed by atoms with van der Waals surface area (Å²) in [7, 11) is 0. The highest BCUT2D eigenvalue weighted by Gasteiger charge is 2.20. The fourth-order valence-electron chi connectivity index (χ4n) is 1.67. The molecule has 0 N–H and O–H groups in total. The first-order valence-corrected chi connectivity index (χ1v) is 5.97. The van der Waals surface area contributed by atoms with Crippen LogP contribution in [0.2, 0.25) is 5.02 Å². The predicted octanol–water partition coefficient (Wildman–Crippen LogP) is 3.96. The number of esters is 1. The maximum atomic E-state index is 11.6. The third-order valence-corrected chi connectivity index (χ3v) is 2.83. The van der Waals surface area contributed by atoms with E-state index in [9.17, 15) is 4.79 Å². The highest BCUT2D eigenvalue weighted by molar-refractivity contribution is 6.32. The van der Waals surface area contributed by atoms with Gasteiger partial charge >= 0.3 is 5.97 Å². The molecule has 1 aliphatic rings. The third-order valence-electron chi connectivity index (χ3n) is 2.49. The Hall–Kier alpha value is -1.54. The lowest BCUT2D eigenvalue weighted by atomic mass is 10.1. The molecule has 0 radical (unpaired) electrons. The van der Waals surface area contributed by atoms with Crippen molar-refractivity contribution in [3.63, 3.8) is 0 Å². The Morgan fingerprint density at radius 1 is 1.35 bits per heavy atom. The number of hydrogen-bond donors (Lipinski definition) is 0. The van der Waals surface area contributed by atoms with Gasteiger partial charge in [-0.15, -0.1) is 0 Å². The molecule has 0 fully saturated rings. The topological polar surface area (TPSA) is 26.3 Å². The van der Waals surface area contributed by atoms with Gasteiger partial charge in [0.25, 0.3) is 0 Å². The van der Waals surface area contributed by atoms with Crippen molar-refractivity contribution in [2.75, 3.05) is 0 Å². The number of benzene rings is 1. The van der Waals surface area contributed by atoms with Crippen LogP contribution in [0.15, 0.2) is 41.7 Å². The summed E-state index contributed by atoms with van der Waals surface area (Å²) < 4.78 is 5.14. The lowest BCUT2D eigenvalue weighted by molar-refractivity contribution is -0.133. The minimum Gasteiger partial charge on any atom is -0.427 e. The molecule has 0 amide bonds. The van der Waals surface area contributed by atoms with Crippen molar-refractivity contribution in [3.05, 3.63) is 52.3 Å². The molecule has 88 valence electrons.